The quantitative estimate of drug-likeness (QED) is 0.493. The SMILES string of the molecule is CC1COC(C)(C=O)N1C. The van der Waals surface area contributed by atoms with E-state index in [0.717, 1.165) is 6.29 Å². The Bertz CT molecular complexity index is 149. The summed E-state index contributed by atoms with van der Waals surface area (Å²) in [5.74, 6) is 0. The van der Waals surface area contributed by atoms with Crippen molar-refractivity contribution >= 4 is 6.29 Å². The largest absolute Gasteiger partial charge is 0.352 e. The molecule has 1 saturated heterocycles. The van der Waals surface area contributed by atoms with E-state index in [0.29, 0.717) is 12.6 Å². The highest BCUT2D eigenvalue weighted by molar-refractivity contribution is 5.61. The maximum absolute atomic E-state index is 10.5. The lowest BCUT2D eigenvalue weighted by Gasteiger charge is -2.26. The predicted octanol–water partition coefficient (Wildman–Crippen LogP) is 0.252. The molecule has 0 N–H and O–H groups in total. The first-order valence-corrected chi connectivity index (χ1v) is 3.43. The summed E-state index contributed by atoms with van der Waals surface area (Å²) >= 11 is 0. The van der Waals surface area contributed by atoms with E-state index in [1.54, 1.807) is 6.92 Å². The van der Waals surface area contributed by atoms with Crippen molar-refractivity contribution in [2.24, 2.45) is 0 Å². The predicted molar refractivity (Wildman–Crippen MR) is 37.6 cm³/mol. The van der Waals surface area contributed by atoms with Gasteiger partial charge in [0.15, 0.2) is 12.0 Å². The normalized spacial score (nSPS) is 42.1. The standard InChI is InChI=1S/C7H13NO2/c1-6-4-10-7(2,5-9)8(6)3/h5-6H,4H2,1-3H3. The van der Waals surface area contributed by atoms with Gasteiger partial charge in [0, 0.05) is 6.04 Å². The molecule has 1 aliphatic rings. The van der Waals surface area contributed by atoms with Crippen LogP contribution >= 0.6 is 0 Å². The summed E-state index contributed by atoms with van der Waals surface area (Å²) in [6.45, 7) is 4.46. The third-order valence-electron chi connectivity index (χ3n) is 2.20. The number of hydrogen-bond acceptors (Lipinski definition) is 3. The molecule has 0 aliphatic carbocycles. The van der Waals surface area contributed by atoms with E-state index in [2.05, 4.69) is 0 Å². The Hall–Kier alpha value is -0.410. The smallest absolute Gasteiger partial charge is 0.175 e. The fourth-order valence-electron chi connectivity index (χ4n) is 1.06. The average Bonchev–Trinajstić information content (AvgIpc) is 2.19. The molecule has 0 saturated carbocycles. The molecule has 0 spiro atoms. The fraction of sp³-hybridized carbons (Fsp3) is 0.857. The van der Waals surface area contributed by atoms with Crippen molar-refractivity contribution < 1.29 is 9.53 Å². The molecular weight excluding hydrogens is 130 g/mol. The highest BCUT2D eigenvalue weighted by Gasteiger charge is 2.39. The maximum Gasteiger partial charge on any atom is 0.175 e. The van der Waals surface area contributed by atoms with Gasteiger partial charge >= 0.3 is 0 Å². The van der Waals surface area contributed by atoms with Crippen molar-refractivity contribution in [1.82, 2.24) is 4.90 Å². The van der Waals surface area contributed by atoms with E-state index in [9.17, 15) is 4.79 Å². The Labute approximate surface area is 61.0 Å². The molecule has 0 aromatic heterocycles. The Kier molecular flexibility index (Phi) is 1.79. The molecule has 1 heterocycles. The monoisotopic (exact) mass is 143 g/mol. The second-order valence-electron chi connectivity index (χ2n) is 2.94. The van der Waals surface area contributed by atoms with Gasteiger partial charge in [-0.3, -0.25) is 9.69 Å². The number of likely N-dealkylation sites (N-methyl/N-ethyl adjacent to an activating group) is 1. The maximum atomic E-state index is 10.5. The van der Waals surface area contributed by atoms with Crippen molar-refractivity contribution in [2.45, 2.75) is 25.6 Å². The van der Waals surface area contributed by atoms with Crippen molar-refractivity contribution in [3.8, 4) is 0 Å². The first kappa shape index (κ1) is 7.69. The Morgan fingerprint density at radius 2 is 2.40 bits per heavy atom. The second-order valence-corrected chi connectivity index (χ2v) is 2.94. The Morgan fingerprint density at radius 3 is 2.60 bits per heavy atom. The van der Waals surface area contributed by atoms with Gasteiger partial charge in [0.2, 0.25) is 0 Å². The van der Waals surface area contributed by atoms with Gasteiger partial charge in [-0.2, -0.15) is 0 Å². The van der Waals surface area contributed by atoms with Crippen LogP contribution in [0.2, 0.25) is 0 Å². The molecule has 0 aromatic carbocycles. The molecule has 0 radical (unpaired) electrons. The summed E-state index contributed by atoms with van der Waals surface area (Å²) in [4.78, 5) is 12.4. The van der Waals surface area contributed by atoms with Gasteiger partial charge in [0.1, 0.15) is 0 Å². The average molecular weight is 143 g/mol. The number of carbonyl (C=O) groups excluding carboxylic acids is 1. The van der Waals surface area contributed by atoms with Gasteiger partial charge in [-0.05, 0) is 20.9 Å². The second kappa shape index (κ2) is 2.32. The van der Waals surface area contributed by atoms with Gasteiger partial charge in [-0.25, -0.2) is 0 Å². The van der Waals surface area contributed by atoms with Crippen LogP contribution in [0, 0.1) is 0 Å². The Morgan fingerprint density at radius 1 is 1.80 bits per heavy atom. The van der Waals surface area contributed by atoms with Crippen LogP contribution < -0.4 is 0 Å². The summed E-state index contributed by atoms with van der Waals surface area (Å²) in [7, 11) is 1.89. The van der Waals surface area contributed by atoms with Gasteiger partial charge in [0.05, 0.1) is 6.61 Å². The van der Waals surface area contributed by atoms with E-state index in [4.69, 9.17) is 4.74 Å². The highest BCUT2D eigenvalue weighted by Crippen LogP contribution is 2.22. The van der Waals surface area contributed by atoms with Gasteiger partial charge in [-0.15, -0.1) is 0 Å². The number of carbonyl (C=O) groups is 1. The van der Waals surface area contributed by atoms with Crippen LogP contribution in [0.4, 0.5) is 0 Å². The van der Waals surface area contributed by atoms with Gasteiger partial charge in [0.25, 0.3) is 0 Å². The minimum Gasteiger partial charge on any atom is -0.352 e. The van der Waals surface area contributed by atoms with Crippen molar-refractivity contribution in [3.05, 3.63) is 0 Å². The molecule has 0 aromatic rings. The van der Waals surface area contributed by atoms with Crippen molar-refractivity contribution in [1.29, 1.82) is 0 Å². The third-order valence-corrected chi connectivity index (χ3v) is 2.20. The molecule has 0 amide bonds. The molecular formula is C7H13NO2. The van der Waals surface area contributed by atoms with Crippen molar-refractivity contribution in [3.63, 3.8) is 0 Å². The van der Waals surface area contributed by atoms with Crippen molar-refractivity contribution in [2.75, 3.05) is 13.7 Å². The molecule has 0 bridgehead atoms. The lowest BCUT2D eigenvalue weighted by Crippen LogP contribution is -2.43. The lowest BCUT2D eigenvalue weighted by atomic mass is 10.2. The first-order valence-electron chi connectivity index (χ1n) is 3.43. The van der Waals surface area contributed by atoms with Crippen LogP contribution in [0.1, 0.15) is 13.8 Å². The molecule has 58 valence electrons. The summed E-state index contributed by atoms with van der Waals surface area (Å²) in [5, 5.41) is 0. The Balaban J connectivity index is 2.73. The minimum atomic E-state index is -0.681. The van der Waals surface area contributed by atoms with Crippen LogP contribution in [0.25, 0.3) is 0 Å². The molecule has 1 rings (SSSR count). The third kappa shape index (κ3) is 0.954. The van der Waals surface area contributed by atoms with E-state index in [1.165, 1.54) is 0 Å². The number of hydrogen-bond donors (Lipinski definition) is 0. The number of rotatable bonds is 1. The minimum absolute atomic E-state index is 0.343. The van der Waals surface area contributed by atoms with Gasteiger partial charge in [-0.1, -0.05) is 0 Å². The van der Waals surface area contributed by atoms with Crippen LogP contribution in [-0.2, 0) is 9.53 Å². The van der Waals surface area contributed by atoms with Gasteiger partial charge < -0.3 is 4.74 Å². The number of nitrogens with zero attached hydrogens (tertiary/aromatic N) is 1. The lowest BCUT2D eigenvalue weighted by molar-refractivity contribution is -0.135. The van der Waals surface area contributed by atoms with Crippen LogP contribution in [-0.4, -0.2) is 36.6 Å². The van der Waals surface area contributed by atoms with E-state index in [-0.39, 0.29) is 0 Å². The fourth-order valence-corrected chi connectivity index (χ4v) is 1.06. The zero-order valence-electron chi connectivity index (χ0n) is 6.63. The van der Waals surface area contributed by atoms with Crippen LogP contribution in [0.15, 0.2) is 0 Å². The molecule has 2 unspecified atom stereocenters. The molecule has 2 atom stereocenters. The molecule has 1 aliphatic heterocycles. The first-order chi connectivity index (χ1) is 4.60. The number of ether oxygens (including phenoxy) is 1. The molecule has 3 nitrogen and oxygen atoms in total. The number of aldehydes is 1. The van der Waals surface area contributed by atoms with E-state index < -0.39 is 5.72 Å². The van der Waals surface area contributed by atoms with Crippen LogP contribution in [0.3, 0.4) is 0 Å². The highest BCUT2D eigenvalue weighted by atomic mass is 16.5. The van der Waals surface area contributed by atoms with Crippen LogP contribution in [0.5, 0.6) is 0 Å². The van der Waals surface area contributed by atoms with E-state index in [1.807, 2.05) is 18.9 Å². The topological polar surface area (TPSA) is 29.5 Å². The summed E-state index contributed by atoms with van der Waals surface area (Å²) in [6, 6.07) is 0.343. The summed E-state index contributed by atoms with van der Waals surface area (Å²) in [5.41, 5.74) is -0.681. The van der Waals surface area contributed by atoms with E-state index >= 15 is 0 Å². The summed E-state index contributed by atoms with van der Waals surface area (Å²) < 4.78 is 5.27. The molecule has 3 heteroatoms. The zero-order valence-corrected chi connectivity index (χ0v) is 6.63. The summed E-state index contributed by atoms with van der Waals surface area (Å²) in [6.07, 6.45) is 0.844. The molecule has 10 heavy (non-hydrogen) atoms. The molecule has 1 fully saturated rings. The zero-order chi connectivity index (χ0) is 7.78.